The van der Waals surface area contributed by atoms with Crippen LogP contribution in [0.5, 0.6) is 0 Å². The number of allylic oxidation sites excluding steroid dienone is 1. The normalized spacial score (nSPS) is 10.6. The Morgan fingerprint density at radius 2 is 1.82 bits per heavy atom. The van der Waals surface area contributed by atoms with Crippen LogP contribution >= 0.6 is 0 Å². The summed E-state index contributed by atoms with van der Waals surface area (Å²) in [5, 5.41) is 0. The summed E-state index contributed by atoms with van der Waals surface area (Å²) in [6.45, 7) is 6.57. The molecule has 0 amide bonds. The minimum atomic E-state index is 1.22. The Hall–Kier alpha value is -0.980. The van der Waals surface area contributed by atoms with Crippen molar-refractivity contribution in [2.45, 2.75) is 59.3 Å². The Labute approximate surface area is 107 Å². The third-order valence-corrected chi connectivity index (χ3v) is 3.24. The fourth-order valence-corrected chi connectivity index (χ4v) is 2.17. The first-order chi connectivity index (χ1) is 8.15. The molecule has 0 spiro atoms. The number of aromatic nitrogens is 1. The molecule has 0 aliphatic rings. The lowest BCUT2D eigenvalue weighted by molar-refractivity contribution is 0.620. The van der Waals surface area contributed by atoms with Crippen molar-refractivity contribution in [3.8, 4) is 0 Å². The molecule has 0 atom stereocenters. The number of hydrogen-bond donors (Lipinski definition) is 0. The van der Waals surface area contributed by atoms with Gasteiger partial charge in [-0.25, -0.2) is 0 Å². The van der Waals surface area contributed by atoms with Crippen molar-refractivity contribution in [2.75, 3.05) is 0 Å². The average Bonchev–Trinajstić information content (AvgIpc) is 2.60. The number of nitrogens with zero attached hydrogens (tertiary/aromatic N) is 1. The Balaban J connectivity index is 2.44. The maximum atomic E-state index is 2.33. The fraction of sp³-hybridized carbons (Fsp3) is 0.625. The number of hydrogen-bond acceptors (Lipinski definition) is 0. The van der Waals surface area contributed by atoms with Gasteiger partial charge in [-0.15, -0.1) is 0 Å². The molecule has 1 rings (SSSR count). The van der Waals surface area contributed by atoms with Gasteiger partial charge in [0.05, 0.1) is 0 Å². The van der Waals surface area contributed by atoms with Crippen LogP contribution in [0.15, 0.2) is 17.7 Å². The van der Waals surface area contributed by atoms with Crippen LogP contribution in [0.4, 0.5) is 0 Å². The second kappa shape index (κ2) is 7.37. The van der Waals surface area contributed by atoms with Crippen LogP contribution in [0.2, 0.25) is 0 Å². The molecule has 96 valence electrons. The molecule has 17 heavy (non-hydrogen) atoms. The lowest BCUT2D eigenvalue weighted by atomic mass is 10.1. The van der Waals surface area contributed by atoms with Gasteiger partial charge < -0.3 is 4.57 Å². The molecule has 0 radical (unpaired) electrons. The molecule has 0 aromatic carbocycles. The van der Waals surface area contributed by atoms with Crippen molar-refractivity contribution in [1.82, 2.24) is 4.57 Å². The van der Waals surface area contributed by atoms with E-state index in [4.69, 9.17) is 0 Å². The maximum Gasteiger partial charge on any atom is 0.0405 e. The van der Waals surface area contributed by atoms with Gasteiger partial charge in [0.15, 0.2) is 0 Å². The molecule has 0 aliphatic carbocycles. The zero-order valence-electron chi connectivity index (χ0n) is 11.9. The largest absolute Gasteiger partial charge is 0.348 e. The highest BCUT2D eigenvalue weighted by Crippen LogP contribution is 2.14. The molecular weight excluding hydrogens is 206 g/mol. The monoisotopic (exact) mass is 233 g/mol. The smallest absolute Gasteiger partial charge is 0.0405 e. The third kappa shape index (κ3) is 4.80. The van der Waals surface area contributed by atoms with Gasteiger partial charge in [-0.05, 0) is 44.9 Å². The van der Waals surface area contributed by atoms with Gasteiger partial charge in [-0.1, -0.05) is 38.2 Å². The molecule has 1 aromatic heterocycles. The molecule has 1 nitrogen and oxygen atoms in total. The topological polar surface area (TPSA) is 4.93 Å². The van der Waals surface area contributed by atoms with Gasteiger partial charge >= 0.3 is 0 Å². The molecule has 0 N–H and O–H groups in total. The number of unbranched alkanes of at least 4 members (excludes halogenated alkanes) is 4. The molecular formula is C16H27N. The van der Waals surface area contributed by atoms with Crippen molar-refractivity contribution in [3.63, 3.8) is 0 Å². The van der Waals surface area contributed by atoms with Gasteiger partial charge in [0.2, 0.25) is 0 Å². The van der Waals surface area contributed by atoms with Crippen molar-refractivity contribution in [3.05, 3.63) is 29.1 Å². The van der Waals surface area contributed by atoms with E-state index < -0.39 is 0 Å². The number of aryl methyl sites for hydroxylation is 1. The van der Waals surface area contributed by atoms with Crippen LogP contribution in [0.25, 0.3) is 6.08 Å². The predicted molar refractivity (Wildman–Crippen MR) is 77.2 cm³/mol. The number of rotatable bonds is 7. The van der Waals surface area contributed by atoms with Gasteiger partial charge in [0, 0.05) is 18.4 Å². The first-order valence-electron chi connectivity index (χ1n) is 6.94. The van der Waals surface area contributed by atoms with E-state index in [9.17, 15) is 0 Å². The van der Waals surface area contributed by atoms with Crippen molar-refractivity contribution < 1.29 is 0 Å². The van der Waals surface area contributed by atoms with E-state index in [1.807, 2.05) is 0 Å². The maximum absolute atomic E-state index is 2.33. The SMILES string of the molecule is CCCCCCCc1ccc(C=C(C)C)n1C. The second-order valence-corrected chi connectivity index (χ2v) is 5.19. The quantitative estimate of drug-likeness (QED) is 0.586. The molecule has 1 heterocycles. The van der Waals surface area contributed by atoms with Gasteiger partial charge in [0.25, 0.3) is 0 Å². The van der Waals surface area contributed by atoms with E-state index in [0.29, 0.717) is 0 Å². The van der Waals surface area contributed by atoms with Crippen LogP contribution in [0.3, 0.4) is 0 Å². The molecule has 0 saturated heterocycles. The molecule has 0 fully saturated rings. The Bertz CT molecular complexity index is 354. The van der Waals surface area contributed by atoms with Crippen LogP contribution in [-0.4, -0.2) is 4.57 Å². The zero-order chi connectivity index (χ0) is 12.7. The summed E-state index contributed by atoms with van der Waals surface area (Å²) < 4.78 is 2.33. The van der Waals surface area contributed by atoms with E-state index in [-0.39, 0.29) is 0 Å². The first kappa shape index (κ1) is 14.1. The minimum absolute atomic E-state index is 1.22. The summed E-state index contributed by atoms with van der Waals surface area (Å²) in [5.41, 5.74) is 4.16. The summed E-state index contributed by atoms with van der Waals surface area (Å²) in [4.78, 5) is 0. The highest BCUT2D eigenvalue weighted by Gasteiger charge is 2.02. The Morgan fingerprint density at radius 1 is 1.12 bits per heavy atom. The minimum Gasteiger partial charge on any atom is -0.348 e. The molecule has 1 heteroatoms. The first-order valence-corrected chi connectivity index (χ1v) is 6.94. The summed E-state index contributed by atoms with van der Waals surface area (Å²) >= 11 is 0. The molecule has 0 aliphatic heterocycles. The second-order valence-electron chi connectivity index (χ2n) is 5.19. The Morgan fingerprint density at radius 3 is 2.47 bits per heavy atom. The van der Waals surface area contributed by atoms with Crippen molar-refractivity contribution in [1.29, 1.82) is 0 Å². The standard InChI is InChI=1S/C16H27N/c1-5-6-7-8-9-10-15-11-12-16(17(15)4)13-14(2)3/h11-13H,5-10H2,1-4H3. The van der Waals surface area contributed by atoms with Crippen LogP contribution in [-0.2, 0) is 13.5 Å². The van der Waals surface area contributed by atoms with E-state index in [0.717, 1.165) is 0 Å². The highest BCUT2D eigenvalue weighted by atomic mass is 14.9. The summed E-state index contributed by atoms with van der Waals surface area (Å²) in [6, 6.07) is 4.50. The highest BCUT2D eigenvalue weighted by molar-refractivity contribution is 5.49. The molecule has 0 bridgehead atoms. The van der Waals surface area contributed by atoms with E-state index in [1.165, 1.54) is 55.5 Å². The van der Waals surface area contributed by atoms with Crippen LogP contribution < -0.4 is 0 Å². The predicted octanol–water partition coefficient (Wildman–Crippen LogP) is 4.96. The van der Waals surface area contributed by atoms with Crippen molar-refractivity contribution in [2.24, 2.45) is 7.05 Å². The molecule has 0 unspecified atom stereocenters. The van der Waals surface area contributed by atoms with E-state index >= 15 is 0 Å². The van der Waals surface area contributed by atoms with Crippen molar-refractivity contribution >= 4 is 6.08 Å². The van der Waals surface area contributed by atoms with Gasteiger partial charge in [0.1, 0.15) is 0 Å². The van der Waals surface area contributed by atoms with Crippen LogP contribution in [0.1, 0.15) is 64.3 Å². The molecule has 1 aromatic rings. The molecule has 0 saturated carbocycles. The summed E-state index contributed by atoms with van der Waals surface area (Å²) in [5.74, 6) is 0. The zero-order valence-corrected chi connectivity index (χ0v) is 11.9. The van der Waals surface area contributed by atoms with E-state index in [2.05, 4.69) is 50.6 Å². The summed E-state index contributed by atoms with van der Waals surface area (Å²) in [6.07, 6.45) is 10.3. The van der Waals surface area contributed by atoms with Gasteiger partial charge in [-0.3, -0.25) is 0 Å². The lowest BCUT2D eigenvalue weighted by Crippen LogP contribution is -1.98. The average molecular weight is 233 g/mol. The van der Waals surface area contributed by atoms with Crippen LogP contribution in [0, 0.1) is 0 Å². The van der Waals surface area contributed by atoms with Gasteiger partial charge in [-0.2, -0.15) is 0 Å². The lowest BCUT2D eigenvalue weighted by Gasteiger charge is -2.06. The third-order valence-electron chi connectivity index (χ3n) is 3.24. The fourth-order valence-electron chi connectivity index (χ4n) is 2.17. The Kier molecular flexibility index (Phi) is 6.10. The van der Waals surface area contributed by atoms with E-state index in [1.54, 1.807) is 0 Å². The summed E-state index contributed by atoms with van der Waals surface area (Å²) in [7, 11) is 2.18.